The Hall–Kier alpha value is -0.610. The number of halogens is 2. The lowest BCUT2D eigenvalue weighted by Crippen LogP contribution is -2.24. The molecule has 1 aliphatic heterocycles. The van der Waals surface area contributed by atoms with Gasteiger partial charge in [-0.2, -0.15) is 11.8 Å². The van der Waals surface area contributed by atoms with Crippen molar-refractivity contribution in [2.45, 2.75) is 25.3 Å². The summed E-state index contributed by atoms with van der Waals surface area (Å²) in [4.78, 5) is 0. The zero-order valence-corrected chi connectivity index (χ0v) is 11.4. The van der Waals surface area contributed by atoms with Crippen molar-refractivity contribution in [3.63, 3.8) is 0 Å². The molecule has 0 saturated carbocycles. The highest BCUT2D eigenvalue weighted by molar-refractivity contribution is 7.99. The van der Waals surface area contributed by atoms with Crippen molar-refractivity contribution in [1.82, 2.24) is 5.32 Å². The van der Waals surface area contributed by atoms with Crippen LogP contribution in [0.2, 0.25) is 0 Å². The zero-order chi connectivity index (χ0) is 13.0. The Balaban J connectivity index is 2.12. The van der Waals surface area contributed by atoms with Crippen LogP contribution in [0, 0.1) is 17.6 Å². The SMILES string of the molecule is CNC(CC1CCSCC1)c1c(F)cccc1F. The van der Waals surface area contributed by atoms with E-state index < -0.39 is 11.6 Å². The fourth-order valence-corrected chi connectivity index (χ4v) is 3.74. The van der Waals surface area contributed by atoms with Crippen LogP contribution in [0.1, 0.15) is 30.9 Å². The number of thioether (sulfide) groups is 1. The van der Waals surface area contributed by atoms with Gasteiger partial charge in [-0.05, 0) is 55.9 Å². The first-order chi connectivity index (χ1) is 8.72. The molecule has 1 aromatic carbocycles. The van der Waals surface area contributed by atoms with Gasteiger partial charge in [0.1, 0.15) is 11.6 Å². The van der Waals surface area contributed by atoms with E-state index in [2.05, 4.69) is 5.32 Å². The number of nitrogens with one attached hydrogen (secondary N) is 1. The number of hydrogen-bond acceptors (Lipinski definition) is 2. The molecule has 100 valence electrons. The maximum Gasteiger partial charge on any atom is 0.130 e. The first-order valence-electron chi connectivity index (χ1n) is 6.41. The van der Waals surface area contributed by atoms with E-state index in [1.807, 2.05) is 11.8 Å². The predicted octanol–water partition coefficient (Wildman–Crippen LogP) is 3.76. The minimum Gasteiger partial charge on any atom is -0.313 e. The lowest BCUT2D eigenvalue weighted by atomic mass is 9.90. The summed E-state index contributed by atoms with van der Waals surface area (Å²) in [5, 5.41) is 3.06. The van der Waals surface area contributed by atoms with Crippen molar-refractivity contribution in [3.8, 4) is 0 Å². The Morgan fingerprint density at radius 2 is 1.89 bits per heavy atom. The molecule has 1 heterocycles. The van der Waals surface area contributed by atoms with Gasteiger partial charge in [0, 0.05) is 11.6 Å². The highest BCUT2D eigenvalue weighted by Crippen LogP contribution is 2.32. The Kier molecular flexibility index (Phi) is 5.01. The highest BCUT2D eigenvalue weighted by Gasteiger charge is 2.23. The summed E-state index contributed by atoms with van der Waals surface area (Å²) < 4.78 is 27.5. The van der Waals surface area contributed by atoms with Gasteiger partial charge >= 0.3 is 0 Å². The average Bonchev–Trinajstić information content (AvgIpc) is 2.38. The molecule has 1 unspecified atom stereocenters. The largest absolute Gasteiger partial charge is 0.313 e. The van der Waals surface area contributed by atoms with E-state index in [0.29, 0.717) is 5.92 Å². The summed E-state index contributed by atoms with van der Waals surface area (Å²) in [6, 6.07) is 3.86. The van der Waals surface area contributed by atoms with Crippen LogP contribution in [0.5, 0.6) is 0 Å². The number of benzene rings is 1. The minimum atomic E-state index is -0.445. The molecule has 0 radical (unpaired) electrons. The highest BCUT2D eigenvalue weighted by atomic mass is 32.2. The minimum absolute atomic E-state index is 0.193. The monoisotopic (exact) mass is 271 g/mol. The van der Waals surface area contributed by atoms with Gasteiger partial charge in [0.2, 0.25) is 0 Å². The second kappa shape index (κ2) is 6.53. The Morgan fingerprint density at radius 1 is 1.28 bits per heavy atom. The third kappa shape index (κ3) is 3.23. The van der Waals surface area contributed by atoms with Crippen LogP contribution in [0.25, 0.3) is 0 Å². The van der Waals surface area contributed by atoms with Crippen molar-refractivity contribution in [2.24, 2.45) is 5.92 Å². The molecule has 0 amide bonds. The van der Waals surface area contributed by atoms with Crippen LogP contribution in [-0.2, 0) is 0 Å². The van der Waals surface area contributed by atoms with Crippen LogP contribution < -0.4 is 5.32 Å². The van der Waals surface area contributed by atoms with E-state index in [1.54, 1.807) is 7.05 Å². The number of rotatable bonds is 4. The Labute approximate surface area is 111 Å². The van der Waals surface area contributed by atoms with Crippen LogP contribution in [-0.4, -0.2) is 18.6 Å². The molecule has 1 N–H and O–H groups in total. The average molecular weight is 271 g/mol. The summed E-state index contributed by atoms with van der Waals surface area (Å²) >= 11 is 1.97. The fourth-order valence-electron chi connectivity index (χ4n) is 2.54. The van der Waals surface area contributed by atoms with Crippen molar-refractivity contribution in [2.75, 3.05) is 18.6 Å². The van der Waals surface area contributed by atoms with Crippen LogP contribution in [0.4, 0.5) is 8.78 Å². The Bertz CT molecular complexity index is 371. The lowest BCUT2D eigenvalue weighted by Gasteiger charge is -2.26. The van der Waals surface area contributed by atoms with E-state index in [1.165, 1.54) is 29.7 Å². The molecule has 1 aliphatic rings. The standard InChI is InChI=1S/C14H19F2NS/c1-17-13(9-10-5-7-18-8-6-10)14-11(15)3-2-4-12(14)16/h2-4,10,13,17H,5-9H2,1H3. The molecular formula is C14H19F2NS. The van der Waals surface area contributed by atoms with Crippen molar-refractivity contribution in [1.29, 1.82) is 0 Å². The molecular weight excluding hydrogens is 252 g/mol. The van der Waals surface area contributed by atoms with Crippen LogP contribution >= 0.6 is 11.8 Å². The van der Waals surface area contributed by atoms with Gasteiger partial charge in [-0.25, -0.2) is 8.78 Å². The van der Waals surface area contributed by atoms with Crippen molar-refractivity contribution < 1.29 is 8.78 Å². The summed E-state index contributed by atoms with van der Waals surface area (Å²) in [5.41, 5.74) is 0.193. The van der Waals surface area contributed by atoms with E-state index in [-0.39, 0.29) is 11.6 Å². The molecule has 18 heavy (non-hydrogen) atoms. The molecule has 0 spiro atoms. The maximum atomic E-state index is 13.8. The zero-order valence-electron chi connectivity index (χ0n) is 10.6. The van der Waals surface area contributed by atoms with Gasteiger partial charge in [-0.1, -0.05) is 6.07 Å². The van der Waals surface area contributed by atoms with Crippen molar-refractivity contribution in [3.05, 3.63) is 35.4 Å². The normalized spacial score (nSPS) is 18.8. The van der Waals surface area contributed by atoms with Gasteiger partial charge in [0.15, 0.2) is 0 Å². The van der Waals surface area contributed by atoms with Crippen LogP contribution in [0.3, 0.4) is 0 Å². The predicted molar refractivity (Wildman–Crippen MR) is 72.8 cm³/mol. The summed E-state index contributed by atoms with van der Waals surface area (Å²) in [7, 11) is 1.77. The molecule has 1 nitrogen and oxygen atoms in total. The van der Waals surface area contributed by atoms with E-state index in [4.69, 9.17) is 0 Å². The smallest absolute Gasteiger partial charge is 0.130 e. The molecule has 1 aromatic rings. The first-order valence-corrected chi connectivity index (χ1v) is 7.56. The van der Waals surface area contributed by atoms with Crippen LogP contribution in [0.15, 0.2) is 18.2 Å². The topological polar surface area (TPSA) is 12.0 Å². The second-order valence-electron chi connectivity index (χ2n) is 4.77. The number of hydrogen-bond donors (Lipinski definition) is 1. The third-order valence-electron chi connectivity index (χ3n) is 3.61. The van der Waals surface area contributed by atoms with Gasteiger partial charge in [0.25, 0.3) is 0 Å². The molecule has 2 rings (SSSR count). The van der Waals surface area contributed by atoms with E-state index in [9.17, 15) is 8.78 Å². The molecule has 0 bridgehead atoms. The molecule has 1 atom stereocenters. The van der Waals surface area contributed by atoms with E-state index >= 15 is 0 Å². The molecule has 0 aromatic heterocycles. The van der Waals surface area contributed by atoms with Gasteiger partial charge in [-0.15, -0.1) is 0 Å². The first kappa shape index (κ1) is 13.8. The van der Waals surface area contributed by atoms with E-state index in [0.717, 1.165) is 19.3 Å². The molecule has 1 fully saturated rings. The third-order valence-corrected chi connectivity index (χ3v) is 4.66. The summed E-state index contributed by atoms with van der Waals surface area (Å²) in [6.45, 7) is 0. The molecule has 0 aliphatic carbocycles. The lowest BCUT2D eigenvalue weighted by molar-refractivity contribution is 0.367. The summed E-state index contributed by atoms with van der Waals surface area (Å²) in [5.74, 6) is 2.02. The Morgan fingerprint density at radius 3 is 2.44 bits per heavy atom. The van der Waals surface area contributed by atoms with Gasteiger partial charge < -0.3 is 5.32 Å². The maximum absolute atomic E-state index is 13.8. The summed E-state index contributed by atoms with van der Waals surface area (Å²) in [6.07, 6.45) is 3.12. The fraction of sp³-hybridized carbons (Fsp3) is 0.571. The van der Waals surface area contributed by atoms with Crippen molar-refractivity contribution >= 4 is 11.8 Å². The van der Waals surface area contributed by atoms with Gasteiger partial charge in [-0.3, -0.25) is 0 Å². The quantitative estimate of drug-likeness (QED) is 0.895. The molecule has 4 heteroatoms. The van der Waals surface area contributed by atoms with Gasteiger partial charge in [0.05, 0.1) is 0 Å². The second-order valence-corrected chi connectivity index (χ2v) is 5.99. The molecule has 1 saturated heterocycles.